The second kappa shape index (κ2) is 7.11. The summed E-state index contributed by atoms with van der Waals surface area (Å²) in [6.07, 6.45) is 12.8. The minimum Gasteiger partial charge on any atom is -0.354 e. The molecule has 0 radical (unpaired) electrons. The number of aromatic nitrogens is 4. The van der Waals surface area contributed by atoms with Crippen LogP contribution in [0.4, 0.5) is 0 Å². The van der Waals surface area contributed by atoms with Gasteiger partial charge in [-0.2, -0.15) is 5.10 Å². The van der Waals surface area contributed by atoms with Crippen LogP contribution < -0.4 is 10.9 Å². The van der Waals surface area contributed by atoms with E-state index in [4.69, 9.17) is 0 Å². The first-order valence-corrected chi connectivity index (χ1v) is 8.99. The molecule has 1 amide bonds. The average molecular weight is 351 g/mol. The van der Waals surface area contributed by atoms with E-state index in [1.165, 1.54) is 23.0 Å². The van der Waals surface area contributed by atoms with Crippen molar-refractivity contribution in [2.24, 2.45) is 0 Å². The largest absolute Gasteiger partial charge is 0.354 e. The molecule has 1 aliphatic carbocycles. The van der Waals surface area contributed by atoms with Gasteiger partial charge in [-0.15, -0.1) is 0 Å². The molecule has 0 atom stereocenters. The normalized spacial score (nSPS) is 14.5. The first-order valence-electron chi connectivity index (χ1n) is 8.99. The van der Waals surface area contributed by atoms with Gasteiger partial charge < -0.3 is 9.88 Å². The highest BCUT2D eigenvalue weighted by atomic mass is 16.2. The summed E-state index contributed by atoms with van der Waals surface area (Å²) < 4.78 is 3.04. The SMILES string of the molecule is O=C(Cn1ccc2c(cnc3ccnn32)c1=O)NCCC1=CCCCC1. The van der Waals surface area contributed by atoms with Gasteiger partial charge in [0.15, 0.2) is 5.65 Å². The average Bonchev–Trinajstić information content (AvgIpc) is 3.14. The number of amides is 1. The van der Waals surface area contributed by atoms with E-state index >= 15 is 0 Å². The van der Waals surface area contributed by atoms with Crippen molar-refractivity contribution in [1.29, 1.82) is 0 Å². The second-order valence-corrected chi connectivity index (χ2v) is 6.62. The van der Waals surface area contributed by atoms with Crippen LogP contribution in [-0.4, -0.2) is 31.6 Å². The van der Waals surface area contributed by atoms with Crippen molar-refractivity contribution in [3.05, 3.63) is 52.7 Å². The zero-order chi connectivity index (χ0) is 17.9. The van der Waals surface area contributed by atoms with Crippen LogP contribution in [0.1, 0.15) is 32.1 Å². The maximum absolute atomic E-state index is 12.6. The number of hydrogen-bond acceptors (Lipinski definition) is 4. The molecule has 7 heteroatoms. The summed E-state index contributed by atoms with van der Waals surface area (Å²) in [5.41, 5.74) is 2.56. The van der Waals surface area contributed by atoms with Crippen LogP contribution in [0.5, 0.6) is 0 Å². The highest BCUT2D eigenvalue weighted by molar-refractivity contribution is 5.80. The number of hydrogen-bond donors (Lipinski definition) is 1. The Morgan fingerprint density at radius 3 is 3.04 bits per heavy atom. The standard InChI is InChI=1S/C19H21N5O2/c25-18(20-9-6-14-4-2-1-3-5-14)13-23-11-8-16-15(19(23)26)12-21-17-7-10-22-24(16)17/h4,7-8,10-12H,1-3,5-6,9,13H2,(H,20,25). The van der Waals surface area contributed by atoms with Gasteiger partial charge in [0.05, 0.1) is 17.1 Å². The number of nitrogens with zero attached hydrogens (tertiary/aromatic N) is 4. The van der Waals surface area contributed by atoms with Crippen LogP contribution in [0.25, 0.3) is 16.6 Å². The third kappa shape index (κ3) is 3.24. The number of carbonyl (C=O) groups excluding carboxylic acids is 1. The van der Waals surface area contributed by atoms with Crippen molar-refractivity contribution in [2.45, 2.75) is 38.6 Å². The van der Waals surface area contributed by atoms with Crippen molar-refractivity contribution >= 4 is 22.5 Å². The number of pyridine rings is 1. The summed E-state index contributed by atoms with van der Waals surface area (Å²) in [4.78, 5) is 29.1. The van der Waals surface area contributed by atoms with E-state index in [1.807, 2.05) is 0 Å². The van der Waals surface area contributed by atoms with Gasteiger partial charge in [0.1, 0.15) is 6.54 Å². The molecule has 0 spiro atoms. The van der Waals surface area contributed by atoms with Crippen molar-refractivity contribution in [3.63, 3.8) is 0 Å². The van der Waals surface area contributed by atoms with E-state index in [9.17, 15) is 9.59 Å². The molecule has 0 aliphatic heterocycles. The molecule has 3 heterocycles. The monoisotopic (exact) mass is 351 g/mol. The molecule has 1 aliphatic rings. The van der Waals surface area contributed by atoms with Gasteiger partial charge in [-0.25, -0.2) is 9.50 Å². The van der Waals surface area contributed by atoms with E-state index < -0.39 is 0 Å². The number of nitrogens with one attached hydrogen (secondary N) is 1. The maximum atomic E-state index is 12.6. The minimum absolute atomic E-state index is 0.00493. The zero-order valence-electron chi connectivity index (χ0n) is 14.5. The fourth-order valence-corrected chi connectivity index (χ4v) is 3.43. The molecule has 7 nitrogen and oxygen atoms in total. The molecule has 134 valence electrons. The summed E-state index contributed by atoms with van der Waals surface area (Å²) in [5, 5.41) is 7.54. The first kappa shape index (κ1) is 16.5. The summed E-state index contributed by atoms with van der Waals surface area (Å²) >= 11 is 0. The molecule has 3 aromatic rings. The van der Waals surface area contributed by atoms with Crippen molar-refractivity contribution < 1.29 is 4.79 Å². The van der Waals surface area contributed by atoms with Gasteiger partial charge in [-0.05, 0) is 38.2 Å². The topological polar surface area (TPSA) is 81.3 Å². The Morgan fingerprint density at radius 2 is 2.19 bits per heavy atom. The van der Waals surface area contributed by atoms with Crippen LogP contribution in [0.15, 0.2) is 47.2 Å². The third-order valence-corrected chi connectivity index (χ3v) is 4.82. The molecule has 0 unspecified atom stereocenters. The Hall–Kier alpha value is -2.96. The molecule has 0 aromatic carbocycles. The summed E-state index contributed by atoms with van der Waals surface area (Å²) in [7, 11) is 0. The maximum Gasteiger partial charge on any atom is 0.262 e. The predicted octanol–water partition coefficient (Wildman–Crippen LogP) is 2.05. The van der Waals surface area contributed by atoms with Gasteiger partial charge >= 0.3 is 0 Å². The Bertz CT molecular complexity index is 1050. The van der Waals surface area contributed by atoms with E-state index in [1.54, 1.807) is 35.2 Å². The van der Waals surface area contributed by atoms with Crippen molar-refractivity contribution in [2.75, 3.05) is 6.54 Å². The second-order valence-electron chi connectivity index (χ2n) is 6.62. The lowest BCUT2D eigenvalue weighted by atomic mass is 9.97. The molecule has 0 saturated heterocycles. The van der Waals surface area contributed by atoms with Gasteiger partial charge in [-0.1, -0.05) is 11.6 Å². The summed E-state index contributed by atoms with van der Waals surface area (Å²) in [5.74, 6) is -0.156. The van der Waals surface area contributed by atoms with Gasteiger partial charge in [-0.3, -0.25) is 9.59 Å². The Morgan fingerprint density at radius 1 is 1.27 bits per heavy atom. The van der Waals surface area contributed by atoms with E-state index in [0.29, 0.717) is 23.1 Å². The summed E-state index contributed by atoms with van der Waals surface area (Å²) in [6, 6.07) is 3.57. The highest BCUT2D eigenvalue weighted by Crippen LogP contribution is 2.19. The molecule has 26 heavy (non-hydrogen) atoms. The number of carbonyl (C=O) groups is 1. The van der Waals surface area contributed by atoms with E-state index in [2.05, 4.69) is 21.5 Å². The lowest BCUT2D eigenvalue weighted by Crippen LogP contribution is -2.33. The molecular weight excluding hydrogens is 330 g/mol. The van der Waals surface area contributed by atoms with E-state index in [0.717, 1.165) is 19.3 Å². The van der Waals surface area contributed by atoms with Gasteiger partial charge in [0.2, 0.25) is 5.91 Å². The molecule has 1 N–H and O–H groups in total. The molecular formula is C19H21N5O2. The Labute approximate surface area is 150 Å². The smallest absolute Gasteiger partial charge is 0.262 e. The fourth-order valence-electron chi connectivity index (χ4n) is 3.43. The number of allylic oxidation sites excluding steroid dienone is 1. The predicted molar refractivity (Wildman–Crippen MR) is 98.9 cm³/mol. The van der Waals surface area contributed by atoms with Gasteiger partial charge in [0.25, 0.3) is 5.56 Å². The van der Waals surface area contributed by atoms with Crippen molar-refractivity contribution in [3.8, 4) is 0 Å². The Kier molecular flexibility index (Phi) is 4.51. The molecule has 3 aromatic heterocycles. The van der Waals surface area contributed by atoms with Crippen molar-refractivity contribution in [1.82, 2.24) is 24.5 Å². The molecule has 0 fully saturated rings. The van der Waals surface area contributed by atoms with Crippen LogP contribution in [-0.2, 0) is 11.3 Å². The first-order chi connectivity index (χ1) is 12.7. The molecule has 0 bridgehead atoms. The minimum atomic E-state index is -0.238. The lowest BCUT2D eigenvalue weighted by molar-refractivity contribution is -0.121. The van der Waals surface area contributed by atoms with E-state index in [-0.39, 0.29) is 18.0 Å². The third-order valence-electron chi connectivity index (χ3n) is 4.82. The fraction of sp³-hybridized carbons (Fsp3) is 0.368. The molecule has 4 rings (SSSR count). The van der Waals surface area contributed by atoms with Crippen LogP contribution in [0, 0.1) is 0 Å². The molecule has 0 saturated carbocycles. The Balaban J connectivity index is 1.45. The van der Waals surface area contributed by atoms with Crippen LogP contribution in [0.2, 0.25) is 0 Å². The number of rotatable bonds is 5. The lowest BCUT2D eigenvalue weighted by Gasteiger charge is -2.13. The number of fused-ring (bicyclic) bond motifs is 3. The summed E-state index contributed by atoms with van der Waals surface area (Å²) in [6.45, 7) is 0.618. The highest BCUT2D eigenvalue weighted by Gasteiger charge is 2.10. The van der Waals surface area contributed by atoms with Crippen LogP contribution >= 0.6 is 0 Å². The quantitative estimate of drug-likeness (QED) is 0.714. The van der Waals surface area contributed by atoms with Crippen LogP contribution in [0.3, 0.4) is 0 Å². The van der Waals surface area contributed by atoms with Gasteiger partial charge in [0, 0.05) is 25.0 Å². The zero-order valence-corrected chi connectivity index (χ0v) is 14.5.